The zero-order valence-corrected chi connectivity index (χ0v) is 10.5. The highest BCUT2D eigenvalue weighted by molar-refractivity contribution is 4.66. The van der Waals surface area contributed by atoms with Crippen LogP contribution in [0.4, 0.5) is 0 Å². The molecule has 1 saturated heterocycles. The van der Waals surface area contributed by atoms with Gasteiger partial charge in [0.25, 0.3) is 0 Å². The second-order valence-electron chi connectivity index (χ2n) is 4.30. The summed E-state index contributed by atoms with van der Waals surface area (Å²) >= 11 is 0. The summed E-state index contributed by atoms with van der Waals surface area (Å²) in [7, 11) is 1.73. The molecule has 96 valence electrons. The molecule has 1 rings (SSSR count). The minimum absolute atomic E-state index is 0.315. The highest BCUT2D eigenvalue weighted by Gasteiger charge is 2.14. The molecule has 1 fully saturated rings. The van der Waals surface area contributed by atoms with Crippen LogP contribution in [-0.2, 0) is 14.2 Å². The Labute approximate surface area is 98.6 Å². The van der Waals surface area contributed by atoms with E-state index in [-0.39, 0.29) is 0 Å². The Morgan fingerprint density at radius 2 is 2.06 bits per heavy atom. The molecule has 1 heterocycles. The van der Waals surface area contributed by atoms with Crippen LogP contribution in [0.3, 0.4) is 0 Å². The Morgan fingerprint density at radius 3 is 2.69 bits per heavy atom. The van der Waals surface area contributed by atoms with Gasteiger partial charge in [0, 0.05) is 26.9 Å². The number of ether oxygens (including phenoxy) is 3. The lowest BCUT2D eigenvalue weighted by Crippen LogP contribution is -2.37. The largest absolute Gasteiger partial charge is 0.383 e. The zero-order chi connectivity index (χ0) is 11.6. The minimum Gasteiger partial charge on any atom is -0.383 e. The third kappa shape index (κ3) is 5.80. The van der Waals surface area contributed by atoms with Crippen molar-refractivity contribution < 1.29 is 14.2 Å². The van der Waals surface area contributed by atoms with E-state index >= 15 is 0 Å². The predicted molar refractivity (Wildman–Crippen MR) is 63.7 cm³/mol. The summed E-state index contributed by atoms with van der Waals surface area (Å²) in [4.78, 5) is 0. The molecule has 0 aromatic heterocycles. The lowest BCUT2D eigenvalue weighted by molar-refractivity contribution is 0.00869. The maximum absolute atomic E-state index is 5.74. The van der Waals surface area contributed by atoms with Gasteiger partial charge in [-0.3, -0.25) is 0 Å². The molecule has 1 unspecified atom stereocenters. The first kappa shape index (κ1) is 13.9. The SMILES string of the molecule is CCNC(COC)COCC1CCOCC1. The van der Waals surface area contributed by atoms with Gasteiger partial charge < -0.3 is 19.5 Å². The maximum atomic E-state index is 5.74. The van der Waals surface area contributed by atoms with Gasteiger partial charge in [-0.05, 0) is 25.3 Å². The smallest absolute Gasteiger partial charge is 0.0642 e. The van der Waals surface area contributed by atoms with Gasteiger partial charge in [-0.1, -0.05) is 6.92 Å². The van der Waals surface area contributed by atoms with Crippen LogP contribution < -0.4 is 5.32 Å². The Balaban J connectivity index is 2.06. The fourth-order valence-electron chi connectivity index (χ4n) is 1.95. The van der Waals surface area contributed by atoms with E-state index in [0.29, 0.717) is 18.6 Å². The van der Waals surface area contributed by atoms with Gasteiger partial charge in [-0.25, -0.2) is 0 Å². The van der Waals surface area contributed by atoms with Crippen molar-refractivity contribution in [2.75, 3.05) is 46.7 Å². The molecule has 1 N–H and O–H groups in total. The highest BCUT2D eigenvalue weighted by atomic mass is 16.5. The van der Waals surface area contributed by atoms with E-state index < -0.39 is 0 Å². The van der Waals surface area contributed by atoms with Crippen molar-refractivity contribution in [2.24, 2.45) is 5.92 Å². The monoisotopic (exact) mass is 231 g/mol. The predicted octanol–water partition coefficient (Wildman–Crippen LogP) is 1.05. The van der Waals surface area contributed by atoms with Crippen molar-refractivity contribution >= 4 is 0 Å². The maximum Gasteiger partial charge on any atom is 0.0642 e. The van der Waals surface area contributed by atoms with E-state index in [0.717, 1.165) is 45.8 Å². The first-order valence-corrected chi connectivity index (χ1v) is 6.24. The van der Waals surface area contributed by atoms with Crippen LogP contribution in [0.15, 0.2) is 0 Å². The Bertz CT molecular complexity index is 154. The average molecular weight is 231 g/mol. The Hall–Kier alpha value is -0.160. The van der Waals surface area contributed by atoms with Crippen molar-refractivity contribution in [3.05, 3.63) is 0 Å². The molecular weight excluding hydrogens is 206 g/mol. The first-order valence-electron chi connectivity index (χ1n) is 6.24. The van der Waals surface area contributed by atoms with Crippen LogP contribution in [0.1, 0.15) is 19.8 Å². The topological polar surface area (TPSA) is 39.7 Å². The quantitative estimate of drug-likeness (QED) is 0.678. The third-order valence-electron chi connectivity index (χ3n) is 2.87. The molecule has 0 spiro atoms. The number of hydrogen-bond acceptors (Lipinski definition) is 4. The van der Waals surface area contributed by atoms with Gasteiger partial charge in [0.05, 0.1) is 19.3 Å². The molecule has 16 heavy (non-hydrogen) atoms. The number of methoxy groups -OCH3 is 1. The van der Waals surface area contributed by atoms with Crippen LogP contribution in [0.25, 0.3) is 0 Å². The van der Waals surface area contributed by atoms with Crippen molar-refractivity contribution in [3.8, 4) is 0 Å². The molecule has 0 bridgehead atoms. The standard InChI is InChI=1S/C12H25NO3/c1-3-13-12(9-14-2)10-16-8-11-4-6-15-7-5-11/h11-13H,3-10H2,1-2H3. The van der Waals surface area contributed by atoms with Gasteiger partial charge in [0.1, 0.15) is 0 Å². The third-order valence-corrected chi connectivity index (χ3v) is 2.87. The second kappa shape index (κ2) is 8.93. The van der Waals surface area contributed by atoms with Gasteiger partial charge in [-0.15, -0.1) is 0 Å². The van der Waals surface area contributed by atoms with Crippen molar-refractivity contribution in [1.82, 2.24) is 5.32 Å². The molecule has 1 aliphatic rings. The second-order valence-corrected chi connectivity index (χ2v) is 4.30. The molecule has 1 atom stereocenters. The van der Waals surface area contributed by atoms with Crippen molar-refractivity contribution in [2.45, 2.75) is 25.8 Å². The first-order chi connectivity index (χ1) is 7.86. The fraction of sp³-hybridized carbons (Fsp3) is 1.00. The molecule has 1 aliphatic heterocycles. The lowest BCUT2D eigenvalue weighted by Gasteiger charge is -2.23. The van der Waals surface area contributed by atoms with Crippen LogP contribution in [0.2, 0.25) is 0 Å². The van der Waals surface area contributed by atoms with E-state index in [4.69, 9.17) is 14.2 Å². The van der Waals surface area contributed by atoms with Crippen molar-refractivity contribution in [1.29, 1.82) is 0 Å². The Kier molecular flexibility index (Phi) is 7.76. The van der Waals surface area contributed by atoms with E-state index in [9.17, 15) is 0 Å². The summed E-state index contributed by atoms with van der Waals surface area (Å²) < 4.78 is 16.2. The van der Waals surface area contributed by atoms with Crippen molar-refractivity contribution in [3.63, 3.8) is 0 Å². The molecule has 4 nitrogen and oxygen atoms in total. The van der Waals surface area contributed by atoms with Gasteiger partial charge >= 0.3 is 0 Å². The van der Waals surface area contributed by atoms with Gasteiger partial charge in [0.15, 0.2) is 0 Å². The van der Waals surface area contributed by atoms with E-state index in [1.54, 1.807) is 7.11 Å². The van der Waals surface area contributed by atoms with E-state index in [1.165, 1.54) is 0 Å². The summed E-state index contributed by atoms with van der Waals surface area (Å²) in [5.74, 6) is 0.679. The molecule has 4 heteroatoms. The molecular formula is C12H25NO3. The Morgan fingerprint density at radius 1 is 1.31 bits per heavy atom. The zero-order valence-electron chi connectivity index (χ0n) is 10.5. The van der Waals surface area contributed by atoms with Crippen LogP contribution >= 0.6 is 0 Å². The number of likely N-dealkylation sites (N-methyl/N-ethyl adjacent to an activating group) is 1. The number of rotatable bonds is 8. The van der Waals surface area contributed by atoms with Crippen LogP contribution in [-0.4, -0.2) is 52.7 Å². The molecule has 0 radical (unpaired) electrons. The van der Waals surface area contributed by atoms with Gasteiger partial charge in [0.2, 0.25) is 0 Å². The summed E-state index contributed by atoms with van der Waals surface area (Å²) in [6, 6.07) is 0.315. The summed E-state index contributed by atoms with van der Waals surface area (Å²) in [6.07, 6.45) is 2.27. The highest BCUT2D eigenvalue weighted by Crippen LogP contribution is 2.14. The van der Waals surface area contributed by atoms with Crippen LogP contribution in [0.5, 0.6) is 0 Å². The fourth-order valence-corrected chi connectivity index (χ4v) is 1.95. The summed E-state index contributed by atoms with van der Waals surface area (Å²) in [5.41, 5.74) is 0. The van der Waals surface area contributed by atoms with E-state index in [2.05, 4.69) is 12.2 Å². The molecule has 0 aromatic rings. The number of hydrogen-bond donors (Lipinski definition) is 1. The van der Waals surface area contributed by atoms with E-state index in [1.807, 2.05) is 0 Å². The normalized spacial score (nSPS) is 19.9. The molecule has 0 aliphatic carbocycles. The van der Waals surface area contributed by atoms with Gasteiger partial charge in [-0.2, -0.15) is 0 Å². The van der Waals surface area contributed by atoms with Crippen LogP contribution in [0, 0.1) is 5.92 Å². The summed E-state index contributed by atoms with van der Waals surface area (Å²) in [5, 5.41) is 3.35. The summed E-state index contributed by atoms with van der Waals surface area (Å²) in [6.45, 7) is 7.14. The minimum atomic E-state index is 0.315. The molecule has 0 aromatic carbocycles. The number of nitrogens with one attached hydrogen (secondary N) is 1. The molecule has 0 saturated carbocycles. The average Bonchev–Trinajstić information content (AvgIpc) is 2.31. The molecule has 0 amide bonds. The lowest BCUT2D eigenvalue weighted by atomic mass is 10.0.